The number of aromatic nitrogens is 2. The smallest absolute Gasteiger partial charge is 0.345 e. The normalized spacial score (nSPS) is 15.0. The van der Waals surface area contributed by atoms with Gasteiger partial charge >= 0.3 is 5.69 Å². The summed E-state index contributed by atoms with van der Waals surface area (Å²) in [5.41, 5.74) is 7.37. The Morgan fingerprint density at radius 2 is 2.04 bits per heavy atom. The number of H-pyrrole nitrogens is 1. The van der Waals surface area contributed by atoms with Crippen LogP contribution < -0.4 is 26.4 Å². The molecular weight excluding hydrogens is 362 g/mol. The van der Waals surface area contributed by atoms with Crippen LogP contribution >= 0.6 is 0 Å². The summed E-state index contributed by atoms with van der Waals surface area (Å²) < 4.78 is 5.10. The molecule has 1 aromatic heterocycles. The number of aromatic hydroxyl groups is 1. The molecule has 1 unspecified atom stereocenters. The Hall–Kier alpha value is -4.01. The Kier molecular flexibility index (Phi) is 4.11. The van der Waals surface area contributed by atoms with Crippen LogP contribution in [0.3, 0.4) is 0 Å². The molecule has 28 heavy (non-hydrogen) atoms. The number of hydrogen-bond donors (Lipinski definition) is 4. The van der Waals surface area contributed by atoms with E-state index in [4.69, 9.17) is 10.5 Å². The summed E-state index contributed by atoms with van der Waals surface area (Å²) in [6.07, 6.45) is 0.819. The minimum absolute atomic E-state index is 0.0209. The minimum atomic E-state index is -0.782. The number of hydrogen-bond acceptors (Lipinski definition) is 7. The highest BCUT2D eigenvalue weighted by Crippen LogP contribution is 2.47. The fourth-order valence-electron chi connectivity index (χ4n) is 3.29. The van der Waals surface area contributed by atoms with Crippen molar-refractivity contribution in [2.24, 2.45) is 5.73 Å². The molecular formula is C19H17N5O4. The van der Waals surface area contributed by atoms with Crippen molar-refractivity contribution in [3.8, 4) is 11.5 Å². The van der Waals surface area contributed by atoms with Gasteiger partial charge < -0.3 is 25.8 Å². The van der Waals surface area contributed by atoms with E-state index in [1.807, 2.05) is 24.3 Å². The van der Waals surface area contributed by atoms with Gasteiger partial charge in [0.25, 0.3) is 5.91 Å². The average molecular weight is 379 g/mol. The zero-order chi connectivity index (χ0) is 19.8. The van der Waals surface area contributed by atoms with Crippen LogP contribution in [0.4, 0.5) is 17.1 Å². The van der Waals surface area contributed by atoms with Gasteiger partial charge in [-0.05, 0) is 29.8 Å². The van der Waals surface area contributed by atoms with Crippen molar-refractivity contribution in [2.45, 2.75) is 6.17 Å². The van der Waals surface area contributed by atoms with Crippen LogP contribution in [-0.2, 0) is 0 Å². The Morgan fingerprint density at radius 1 is 1.25 bits per heavy atom. The van der Waals surface area contributed by atoms with Gasteiger partial charge in [0.15, 0.2) is 11.5 Å². The van der Waals surface area contributed by atoms with Gasteiger partial charge in [0.2, 0.25) is 0 Å². The second-order valence-electron chi connectivity index (χ2n) is 6.18. The van der Waals surface area contributed by atoms with Crippen molar-refractivity contribution >= 4 is 23.0 Å². The molecule has 1 atom stereocenters. The largest absolute Gasteiger partial charge is 0.504 e. The molecule has 1 aliphatic heterocycles. The second-order valence-corrected chi connectivity index (χ2v) is 6.18. The molecule has 5 N–H and O–H groups in total. The molecule has 0 spiro atoms. The lowest BCUT2D eigenvalue weighted by atomic mass is 10.1. The Bertz CT molecular complexity index is 1130. The topological polar surface area (TPSA) is 134 Å². The van der Waals surface area contributed by atoms with Crippen molar-refractivity contribution in [1.29, 1.82) is 0 Å². The number of nitrogens with one attached hydrogen (secondary N) is 2. The SMILES string of the molecule is COc1ccc(C2Nc3ccccc3N2c2cnc(=O)[nH]c2C(N)=O)cc1O. The quantitative estimate of drug-likeness (QED) is 0.543. The molecule has 0 saturated heterocycles. The second kappa shape index (κ2) is 6.62. The van der Waals surface area contributed by atoms with Crippen molar-refractivity contribution in [3.63, 3.8) is 0 Å². The van der Waals surface area contributed by atoms with Crippen LogP contribution in [0.1, 0.15) is 22.2 Å². The molecule has 2 aromatic carbocycles. The first-order chi connectivity index (χ1) is 13.5. The molecule has 4 rings (SSSR count). The number of nitrogens with zero attached hydrogens (tertiary/aromatic N) is 2. The van der Waals surface area contributed by atoms with Crippen LogP contribution in [0.15, 0.2) is 53.5 Å². The van der Waals surface area contributed by atoms with Crippen LogP contribution in [0.25, 0.3) is 0 Å². The fraction of sp³-hybridized carbons (Fsp3) is 0.105. The Morgan fingerprint density at radius 3 is 2.75 bits per heavy atom. The van der Waals surface area contributed by atoms with Crippen molar-refractivity contribution < 1.29 is 14.6 Å². The molecule has 1 amide bonds. The third-order valence-electron chi connectivity index (χ3n) is 4.53. The number of rotatable bonds is 4. The number of ether oxygens (including phenoxy) is 1. The molecule has 0 bridgehead atoms. The number of phenolic OH excluding ortho intramolecular Hbond substituents is 1. The number of para-hydroxylation sites is 2. The van der Waals surface area contributed by atoms with E-state index in [1.54, 1.807) is 23.1 Å². The number of carbonyl (C=O) groups excluding carboxylic acids is 1. The number of anilines is 3. The van der Waals surface area contributed by atoms with Gasteiger partial charge in [-0.3, -0.25) is 9.78 Å². The lowest BCUT2D eigenvalue weighted by Gasteiger charge is -2.28. The van der Waals surface area contributed by atoms with Gasteiger partial charge in [-0.15, -0.1) is 0 Å². The summed E-state index contributed by atoms with van der Waals surface area (Å²) in [7, 11) is 1.47. The van der Waals surface area contributed by atoms with E-state index in [1.165, 1.54) is 13.3 Å². The van der Waals surface area contributed by atoms with E-state index in [9.17, 15) is 14.7 Å². The van der Waals surface area contributed by atoms with Gasteiger partial charge in [-0.2, -0.15) is 4.98 Å². The molecule has 142 valence electrons. The first-order valence-electron chi connectivity index (χ1n) is 8.40. The minimum Gasteiger partial charge on any atom is -0.504 e. The highest BCUT2D eigenvalue weighted by Gasteiger charge is 2.34. The van der Waals surface area contributed by atoms with Gasteiger partial charge in [0, 0.05) is 0 Å². The average Bonchev–Trinajstić information content (AvgIpc) is 3.07. The summed E-state index contributed by atoms with van der Waals surface area (Å²) in [5.74, 6) is -0.461. The summed E-state index contributed by atoms with van der Waals surface area (Å²) in [6, 6.07) is 12.5. The van der Waals surface area contributed by atoms with Crippen molar-refractivity contribution in [3.05, 3.63) is 70.4 Å². The van der Waals surface area contributed by atoms with E-state index >= 15 is 0 Å². The Balaban J connectivity index is 1.90. The number of methoxy groups -OCH3 is 1. The number of benzene rings is 2. The molecule has 9 nitrogen and oxygen atoms in total. The zero-order valence-corrected chi connectivity index (χ0v) is 14.8. The maximum atomic E-state index is 11.9. The number of carbonyl (C=O) groups is 1. The number of phenols is 1. The van der Waals surface area contributed by atoms with E-state index in [0.29, 0.717) is 17.0 Å². The molecule has 0 aliphatic carbocycles. The fourth-order valence-corrected chi connectivity index (χ4v) is 3.29. The molecule has 3 aromatic rings. The number of aromatic amines is 1. The first-order valence-corrected chi connectivity index (χ1v) is 8.40. The maximum absolute atomic E-state index is 11.9. The summed E-state index contributed by atoms with van der Waals surface area (Å²) >= 11 is 0. The molecule has 1 aliphatic rings. The van der Waals surface area contributed by atoms with Crippen LogP contribution in [0.5, 0.6) is 11.5 Å². The van der Waals surface area contributed by atoms with Gasteiger partial charge in [0.1, 0.15) is 11.9 Å². The molecule has 0 radical (unpaired) electrons. The lowest BCUT2D eigenvalue weighted by Crippen LogP contribution is -2.29. The number of amides is 1. The molecule has 9 heteroatoms. The number of nitrogens with two attached hydrogens (primary N) is 1. The monoisotopic (exact) mass is 379 g/mol. The van der Waals surface area contributed by atoms with E-state index in [0.717, 1.165) is 11.4 Å². The van der Waals surface area contributed by atoms with E-state index < -0.39 is 17.8 Å². The van der Waals surface area contributed by atoms with Crippen LogP contribution in [0.2, 0.25) is 0 Å². The highest BCUT2D eigenvalue weighted by atomic mass is 16.5. The number of primary amides is 1. The molecule has 0 fully saturated rings. The lowest BCUT2D eigenvalue weighted by molar-refractivity contribution is 0.0995. The van der Waals surface area contributed by atoms with E-state index in [-0.39, 0.29) is 11.4 Å². The first kappa shape index (κ1) is 17.4. The van der Waals surface area contributed by atoms with Crippen molar-refractivity contribution in [1.82, 2.24) is 9.97 Å². The summed E-state index contributed by atoms with van der Waals surface area (Å²) in [5, 5.41) is 13.5. The summed E-state index contributed by atoms with van der Waals surface area (Å²) in [4.78, 5) is 31.5. The van der Waals surface area contributed by atoms with Crippen molar-refractivity contribution in [2.75, 3.05) is 17.3 Å². The molecule has 2 heterocycles. The maximum Gasteiger partial charge on any atom is 0.345 e. The number of fused-ring (bicyclic) bond motifs is 1. The predicted octanol–water partition coefficient (Wildman–Crippen LogP) is 1.85. The van der Waals surface area contributed by atoms with E-state index in [2.05, 4.69) is 15.3 Å². The Labute approximate surface area is 159 Å². The van der Waals surface area contributed by atoms with Crippen LogP contribution in [-0.4, -0.2) is 28.1 Å². The zero-order valence-electron chi connectivity index (χ0n) is 14.8. The molecule has 0 saturated carbocycles. The van der Waals surface area contributed by atoms with Gasteiger partial charge in [-0.1, -0.05) is 18.2 Å². The highest BCUT2D eigenvalue weighted by molar-refractivity contribution is 5.99. The van der Waals surface area contributed by atoms with Gasteiger partial charge in [-0.25, -0.2) is 4.79 Å². The summed E-state index contributed by atoms with van der Waals surface area (Å²) in [6.45, 7) is 0. The standard InChI is InChI=1S/C19H17N5O4/c1-28-15-7-6-10(8-14(15)25)18-22-11-4-2-3-5-12(11)24(18)13-9-21-19(27)23-16(13)17(20)26/h2-9,18,22,25H,1H3,(H2,20,26)(H,21,23,27). The van der Waals surface area contributed by atoms with Crippen LogP contribution in [0, 0.1) is 0 Å². The predicted molar refractivity (Wildman–Crippen MR) is 103 cm³/mol. The third kappa shape index (κ3) is 2.78. The van der Waals surface area contributed by atoms with Gasteiger partial charge in [0.05, 0.1) is 30.4 Å². The third-order valence-corrected chi connectivity index (χ3v) is 4.53.